The molecule has 156 valence electrons. The van der Waals surface area contributed by atoms with Crippen molar-refractivity contribution < 1.29 is 14.2 Å². The van der Waals surface area contributed by atoms with Gasteiger partial charge in [0.15, 0.2) is 6.29 Å². The predicted molar refractivity (Wildman–Crippen MR) is 114 cm³/mol. The van der Waals surface area contributed by atoms with Crippen LogP contribution in [0.1, 0.15) is 87.5 Å². The second kappa shape index (κ2) is 12.6. The monoisotopic (exact) mass is 388 g/mol. The molecule has 0 aliphatic carbocycles. The van der Waals surface area contributed by atoms with Gasteiger partial charge in [-0.15, -0.1) is 0 Å². The highest BCUT2D eigenvalue weighted by atomic mass is 32.2. The van der Waals surface area contributed by atoms with Gasteiger partial charge < -0.3 is 14.2 Å². The molecule has 0 amide bonds. The highest BCUT2D eigenvalue weighted by Crippen LogP contribution is 2.38. The van der Waals surface area contributed by atoms with Gasteiger partial charge in [0.05, 0.1) is 24.4 Å². The maximum atomic E-state index is 6.36. The van der Waals surface area contributed by atoms with E-state index in [1.54, 1.807) is 0 Å². The van der Waals surface area contributed by atoms with Crippen LogP contribution < -0.4 is 0 Å². The van der Waals surface area contributed by atoms with Crippen LogP contribution in [-0.2, 0) is 14.2 Å². The molecule has 1 aliphatic heterocycles. The Hall–Kier alpha value is 0.230. The first kappa shape index (κ1) is 24.3. The van der Waals surface area contributed by atoms with Gasteiger partial charge in [0.2, 0.25) is 0 Å². The Morgan fingerprint density at radius 3 is 2.12 bits per heavy atom. The summed E-state index contributed by atoms with van der Waals surface area (Å²) in [4.78, 5) is 0. The summed E-state index contributed by atoms with van der Waals surface area (Å²) in [5.74, 6) is 2.16. The molecule has 0 aromatic heterocycles. The van der Waals surface area contributed by atoms with Crippen molar-refractivity contribution in [1.82, 2.24) is 0 Å². The third-order valence-electron chi connectivity index (χ3n) is 5.07. The lowest BCUT2D eigenvalue weighted by molar-refractivity contribution is -0.287. The Balaban J connectivity index is 2.67. The minimum atomic E-state index is -0.103. The predicted octanol–water partition coefficient (Wildman–Crippen LogP) is 6.29. The standard InChI is InChI=1S/C22H44O3S/c1-9-20-21(23-15(2)3)19(13-11-10-12-14-26-17(6)7)18(8)22(25-20)24-16(4)5/h15-22H,9-14H2,1-8H3/t18?,19?,20?,21-,22-/m0/s1. The molecule has 3 nitrogen and oxygen atoms in total. The molecular weight excluding hydrogens is 344 g/mol. The van der Waals surface area contributed by atoms with Crippen molar-refractivity contribution in [3.63, 3.8) is 0 Å². The molecule has 1 aliphatic rings. The molecule has 0 bridgehead atoms. The van der Waals surface area contributed by atoms with E-state index in [4.69, 9.17) is 14.2 Å². The summed E-state index contributed by atoms with van der Waals surface area (Å²) >= 11 is 2.07. The Morgan fingerprint density at radius 2 is 1.58 bits per heavy atom. The van der Waals surface area contributed by atoms with Gasteiger partial charge in [-0.3, -0.25) is 0 Å². The molecule has 5 atom stereocenters. The minimum Gasteiger partial charge on any atom is -0.373 e. The molecule has 1 heterocycles. The SMILES string of the molecule is CCC1O[C@H](OC(C)C)C(C)C(CCCCCSC(C)C)[C@@H]1OC(C)C. The van der Waals surface area contributed by atoms with Gasteiger partial charge in [0, 0.05) is 5.92 Å². The Labute approximate surface area is 167 Å². The van der Waals surface area contributed by atoms with Crippen molar-refractivity contribution in [2.24, 2.45) is 11.8 Å². The minimum absolute atomic E-state index is 0.103. The molecule has 0 saturated carbocycles. The second-order valence-electron chi connectivity index (χ2n) is 8.58. The van der Waals surface area contributed by atoms with Crippen molar-refractivity contribution in [1.29, 1.82) is 0 Å². The van der Waals surface area contributed by atoms with E-state index in [0.717, 1.165) is 11.7 Å². The number of ether oxygens (including phenoxy) is 3. The van der Waals surface area contributed by atoms with E-state index in [9.17, 15) is 0 Å². The fourth-order valence-electron chi connectivity index (χ4n) is 3.81. The molecule has 0 aromatic carbocycles. The molecular formula is C22H44O3S. The largest absolute Gasteiger partial charge is 0.373 e. The van der Waals surface area contributed by atoms with Crippen LogP contribution in [-0.4, -0.2) is 41.7 Å². The van der Waals surface area contributed by atoms with E-state index >= 15 is 0 Å². The summed E-state index contributed by atoms with van der Waals surface area (Å²) in [6.45, 7) is 17.5. The number of hydrogen-bond donors (Lipinski definition) is 0. The number of hydrogen-bond acceptors (Lipinski definition) is 4. The normalized spacial score (nSPS) is 29.9. The first-order chi connectivity index (χ1) is 12.3. The van der Waals surface area contributed by atoms with E-state index in [0.29, 0.717) is 11.8 Å². The van der Waals surface area contributed by atoms with Gasteiger partial charge in [0.1, 0.15) is 0 Å². The maximum Gasteiger partial charge on any atom is 0.161 e. The van der Waals surface area contributed by atoms with E-state index in [-0.39, 0.29) is 30.7 Å². The molecule has 3 unspecified atom stereocenters. The molecule has 1 rings (SSSR count). The van der Waals surface area contributed by atoms with Crippen LogP contribution >= 0.6 is 11.8 Å². The van der Waals surface area contributed by atoms with Crippen molar-refractivity contribution in [2.75, 3.05) is 5.75 Å². The highest BCUT2D eigenvalue weighted by Gasteiger charge is 2.44. The molecule has 26 heavy (non-hydrogen) atoms. The third-order valence-corrected chi connectivity index (χ3v) is 6.26. The Morgan fingerprint density at radius 1 is 0.923 bits per heavy atom. The van der Waals surface area contributed by atoms with E-state index in [1.165, 1.54) is 31.4 Å². The zero-order valence-electron chi connectivity index (χ0n) is 18.5. The van der Waals surface area contributed by atoms with Gasteiger partial charge in [-0.05, 0) is 63.9 Å². The quantitative estimate of drug-likeness (QED) is 0.367. The summed E-state index contributed by atoms with van der Waals surface area (Å²) in [6, 6.07) is 0. The van der Waals surface area contributed by atoms with Gasteiger partial charge in [-0.1, -0.05) is 40.5 Å². The summed E-state index contributed by atoms with van der Waals surface area (Å²) in [6.07, 6.45) is 6.74. The first-order valence-corrected chi connectivity index (χ1v) is 11.9. The lowest BCUT2D eigenvalue weighted by atomic mass is 9.79. The molecule has 0 aromatic rings. The van der Waals surface area contributed by atoms with E-state index in [1.807, 2.05) is 0 Å². The smallest absolute Gasteiger partial charge is 0.161 e. The summed E-state index contributed by atoms with van der Waals surface area (Å²) in [5.41, 5.74) is 0. The Kier molecular flexibility index (Phi) is 11.8. The molecule has 1 saturated heterocycles. The zero-order chi connectivity index (χ0) is 19.7. The van der Waals surface area contributed by atoms with Crippen molar-refractivity contribution in [3.05, 3.63) is 0 Å². The van der Waals surface area contributed by atoms with Gasteiger partial charge in [-0.25, -0.2) is 0 Å². The Bertz CT molecular complexity index is 359. The third kappa shape index (κ3) is 8.50. The van der Waals surface area contributed by atoms with Crippen LogP contribution in [0.2, 0.25) is 0 Å². The van der Waals surface area contributed by atoms with Gasteiger partial charge >= 0.3 is 0 Å². The maximum absolute atomic E-state index is 6.36. The van der Waals surface area contributed by atoms with Gasteiger partial charge in [0.25, 0.3) is 0 Å². The van der Waals surface area contributed by atoms with Crippen LogP contribution in [0.5, 0.6) is 0 Å². The second-order valence-corrected chi connectivity index (χ2v) is 10.3. The average molecular weight is 389 g/mol. The number of unbranched alkanes of at least 4 members (excludes halogenated alkanes) is 2. The number of rotatable bonds is 12. The van der Waals surface area contributed by atoms with Crippen LogP contribution in [0.4, 0.5) is 0 Å². The lowest BCUT2D eigenvalue weighted by Gasteiger charge is -2.46. The fraction of sp³-hybridized carbons (Fsp3) is 1.00. The van der Waals surface area contributed by atoms with Crippen LogP contribution in [0, 0.1) is 11.8 Å². The molecule has 0 radical (unpaired) electrons. The van der Waals surface area contributed by atoms with E-state index < -0.39 is 0 Å². The summed E-state index contributed by atoms with van der Waals surface area (Å²) < 4.78 is 18.8. The van der Waals surface area contributed by atoms with Crippen LogP contribution in [0.15, 0.2) is 0 Å². The molecule has 0 spiro atoms. The van der Waals surface area contributed by atoms with E-state index in [2.05, 4.69) is 67.2 Å². The van der Waals surface area contributed by atoms with Crippen molar-refractivity contribution >= 4 is 11.8 Å². The lowest BCUT2D eigenvalue weighted by Crippen LogP contribution is -2.53. The topological polar surface area (TPSA) is 27.7 Å². The zero-order valence-corrected chi connectivity index (χ0v) is 19.3. The van der Waals surface area contributed by atoms with Gasteiger partial charge in [-0.2, -0.15) is 11.8 Å². The average Bonchev–Trinajstić information content (AvgIpc) is 2.54. The molecule has 1 fully saturated rings. The molecule has 4 heteroatoms. The molecule has 0 N–H and O–H groups in total. The summed E-state index contributed by atoms with van der Waals surface area (Å²) in [5, 5.41) is 0.744. The highest BCUT2D eigenvalue weighted by molar-refractivity contribution is 7.99. The van der Waals surface area contributed by atoms with Crippen LogP contribution in [0.25, 0.3) is 0 Å². The van der Waals surface area contributed by atoms with Crippen molar-refractivity contribution in [2.45, 2.75) is 123 Å². The van der Waals surface area contributed by atoms with Crippen molar-refractivity contribution in [3.8, 4) is 0 Å². The first-order valence-electron chi connectivity index (χ1n) is 10.8. The fourth-order valence-corrected chi connectivity index (χ4v) is 4.65. The van der Waals surface area contributed by atoms with Crippen LogP contribution in [0.3, 0.4) is 0 Å². The summed E-state index contributed by atoms with van der Waals surface area (Å²) in [7, 11) is 0. The number of thioether (sulfide) groups is 1.